The van der Waals surface area contributed by atoms with Gasteiger partial charge >= 0.3 is 0 Å². The highest BCUT2D eigenvalue weighted by atomic mass is 19.1. The zero-order chi connectivity index (χ0) is 26.8. The number of amides is 1. The Morgan fingerprint density at radius 3 is 2.87 bits per heavy atom. The van der Waals surface area contributed by atoms with E-state index in [9.17, 15) is 14.4 Å². The summed E-state index contributed by atoms with van der Waals surface area (Å²) in [7, 11) is 0. The molecule has 196 valence electrons. The molecule has 1 amide bonds. The predicted octanol–water partition coefficient (Wildman–Crippen LogP) is 4.15. The minimum absolute atomic E-state index is 0.0616. The van der Waals surface area contributed by atoms with Gasteiger partial charge in [-0.25, -0.2) is 14.4 Å². The lowest BCUT2D eigenvalue weighted by Gasteiger charge is -2.22. The lowest BCUT2D eigenvalue weighted by atomic mass is 10.0. The lowest BCUT2D eigenvalue weighted by Crippen LogP contribution is -2.31. The van der Waals surface area contributed by atoms with Crippen LogP contribution in [0.5, 0.6) is 0 Å². The highest BCUT2D eigenvalue weighted by Crippen LogP contribution is 2.36. The third-order valence-electron chi connectivity index (χ3n) is 7.28. The largest absolute Gasteiger partial charge is 0.321 e. The molecule has 2 aliphatic heterocycles. The third kappa shape index (κ3) is 5.09. The summed E-state index contributed by atoms with van der Waals surface area (Å²) in [5.41, 5.74) is 4.45. The number of anilines is 3. The number of carbonyl (C=O) groups is 1. The molecule has 0 spiro atoms. The van der Waals surface area contributed by atoms with Gasteiger partial charge in [-0.2, -0.15) is 10.4 Å². The molecule has 39 heavy (non-hydrogen) atoms. The van der Waals surface area contributed by atoms with Crippen molar-refractivity contribution in [2.45, 2.75) is 31.7 Å². The highest BCUT2D eigenvalue weighted by molar-refractivity contribution is 5.98. The number of fused-ring (bicyclic) bond motifs is 1. The molecule has 1 saturated heterocycles. The van der Waals surface area contributed by atoms with Crippen LogP contribution in [0.1, 0.15) is 35.6 Å². The Kier molecular flexibility index (Phi) is 6.73. The number of piperidine rings is 1. The molecule has 2 aromatic heterocycles. The zero-order valence-corrected chi connectivity index (χ0v) is 21.3. The van der Waals surface area contributed by atoms with Gasteiger partial charge in [0, 0.05) is 24.5 Å². The van der Waals surface area contributed by atoms with Crippen LogP contribution in [-0.2, 0) is 17.6 Å². The first-order valence-corrected chi connectivity index (χ1v) is 13.0. The first kappa shape index (κ1) is 24.7. The van der Waals surface area contributed by atoms with Gasteiger partial charge in [-0.15, -0.1) is 0 Å². The smallest absolute Gasteiger partial charge is 0.231 e. The fraction of sp³-hybridized carbons (Fsp3) is 0.276. The van der Waals surface area contributed by atoms with E-state index < -0.39 is 5.82 Å². The second kappa shape index (κ2) is 10.6. The summed E-state index contributed by atoms with van der Waals surface area (Å²) in [4.78, 5) is 23.7. The Labute approximate surface area is 225 Å². The van der Waals surface area contributed by atoms with Crippen LogP contribution in [0, 0.1) is 17.1 Å². The number of aromatic nitrogens is 4. The van der Waals surface area contributed by atoms with Crippen molar-refractivity contribution in [1.82, 2.24) is 25.1 Å². The Morgan fingerprint density at radius 1 is 1.21 bits per heavy atom. The quantitative estimate of drug-likeness (QED) is 0.391. The third-order valence-corrected chi connectivity index (χ3v) is 7.28. The molecule has 0 bridgehead atoms. The van der Waals surface area contributed by atoms with Crippen molar-refractivity contribution in [2.75, 3.05) is 29.9 Å². The minimum Gasteiger partial charge on any atom is -0.321 e. The van der Waals surface area contributed by atoms with E-state index in [-0.39, 0.29) is 12.3 Å². The van der Waals surface area contributed by atoms with Crippen molar-refractivity contribution in [3.8, 4) is 17.3 Å². The zero-order valence-electron chi connectivity index (χ0n) is 21.3. The molecule has 10 heteroatoms. The number of nitriles is 1. The van der Waals surface area contributed by atoms with Gasteiger partial charge in [0.2, 0.25) is 11.9 Å². The van der Waals surface area contributed by atoms with Crippen LogP contribution < -0.4 is 15.5 Å². The van der Waals surface area contributed by atoms with Gasteiger partial charge in [0.05, 0.1) is 41.3 Å². The topological polar surface area (TPSA) is 112 Å². The van der Waals surface area contributed by atoms with Crippen LogP contribution in [0.4, 0.5) is 21.7 Å². The average Bonchev–Trinajstić information content (AvgIpc) is 3.62. The van der Waals surface area contributed by atoms with Crippen LogP contribution >= 0.6 is 0 Å². The summed E-state index contributed by atoms with van der Waals surface area (Å²) in [6, 6.07) is 14.4. The van der Waals surface area contributed by atoms with E-state index >= 15 is 0 Å². The maximum atomic E-state index is 14.1. The fourth-order valence-electron chi connectivity index (χ4n) is 5.31. The van der Waals surface area contributed by atoms with E-state index in [2.05, 4.69) is 31.8 Å². The van der Waals surface area contributed by atoms with E-state index in [1.54, 1.807) is 47.6 Å². The molecular formula is C29H27FN8O. The van der Waals surface area contributed by atoms with E-state index in [4.69, 9.17) is 0 Å². The van der Waals surface area contributed by atoms with Crippen LogP contribution in [0.25, 0.3) is 11.3 Å². The molecule has 0 radical (unpaired) electrons. The monoisotopic (exact) mass is 522 g/mol. The van der Waals surface area contributed by atoms with Crippen molar-refractivity contribution in [2.24, 2.45) is 0 Å². The van der Waals surface area contributed by atoms with E-state index in [0.717, 1.165) is 42.7 Å². The van der Waals surface area contributed by atoms with Crippen molar-refractivity contribution in [3.05, 3.63) is 83.6 Å². The van der Waals surface area contributed by atoms with Gasteiger partial charge in [0.25, 0.3) is 0 Å². The molecule has 1 fully saturated rings. The SMILES string of the molecule is N#Cc1cc(-c2ccnc(Nc3cnn(C4CCNCC4)c3)n2)cc2c1N(C(=O)Cc1ccccc1F)CC2. The van der Waals surface area contributed by atoms with E-state index in [1.807, 2.05) is 16.9 Å². The Morgan fingerprint density at radius 2 is 2.05 bits per heavy atom. The number of carbonyl (C=O) groups excluding carboxylic acids is 1. The summed E-state index contributed by atoms with van der Waals surface area (Å²) >= 11 is 0. The summed E-state index contributed by atoms with van der Waals surface area (Å²) in [5.74, 6) is -0.215. The predicted molar refractivity (Wildman–Crippen MR) is 145 cm³/mol. The number of hydrogen-bond acceptors (Lipinski definition) is 7. The molecule has 2 aliphatic rings. The minimum atomic E-state index is -0.409. The second-order valence-corrected chi connectivity index (χ2v) is 9.79. The summed E-state index contributed by atoms with van der Waals surface area (Å²) in [6.45, 7) is 2.42. The number of hydrogen-bond donors (Lipinski definition) is 2. The number of rotatable bonds is 6. The van der Waals surface area contributed by atoms with Crippen molar-refractivity contribution in [1.29, 1.82) is 5.26 Å². The molecule has 2 N–H and O–H groups in total. The van der Waals surface area contributed by atoms with Gasteiger partial charge in [0.1, 0.15) is 11.9 Å². The molecule has 9 nitrogen and oxygen atoms in total. The molecule has 2 aromatic carbocycles. The lowest BCUT2D eigenvalue weighted by molar-refractivity contribution is -0.117. The van der Waals surface area contributed by atoms with Gasteiger partial charge in [-0.3, -0.25) is 9.48 Å². The normalized spacial score (nSPS) is 15.1. The second-order valence-electron chi connectivity index (χ2n) is 9.79. The first-order chi connectivity index (χ1) is 19.1. The maximum Gasteiger partial charge on any atom is 0.231 e. The molecule has 0 unspecified atom stereocenters. The molecule has 0 aliphatic carbocycles. The summed E-state index contributed by atoms with van der Waals surface area (Å²) in [6.07, 6.45) is 8.04. The summed E-state index contributed by atoms with van der Waals surface area (Å²) < 4.78 is 16.1. The molecule has 6 rings (SSSR count). The van der Waals surface area contributed by atoms with Gasteiger partial charge < -0.3 is 15.5 Å². The Bertz CT molecular complexity index is 1570. The number of halogens is 1. The van der Waals surface area contributed by atoms with Gasteiger partial charge in [0.15, 0.2) is 0 Å². The van der Waals surface area contributed by atoms with Crippen LogP contribution in [-0.4, -0.2) is 45.3 Å². The number of nitrogens with zero attached hydrogens (tertiary/aromatic N) is 6. The molecule has 0 atom stereocenters. The number of nitrogens with one attached hydrogen (secondary N) is 2. The van der Waals surface area contributed by atoms with Crippen molar-refractivity contribution >= 4 is 23.2 Å². The molecule has 4 heterocycles. The maximum absolute atomic E-state index is 14.1. The average molecular weight is 523 g/mol. The molecular weight excluding hydrogens is 495 g/mol. The Balaban J connectivity index is 1.22. The van der Waals surface area contributed by atoms with Crippen LogP contribution in [0.2, 0.25) is 0 Å². The van der Waals surface area contributed by atoms with Crippen molar-refractivity contribution in [3.63, 3.8) is 0 Å². The Hall–Kier alpha value is -4.62. The van der Waals surface area contributed by atoms with Crippen LogP contribution in [0.3, 0.4) is 0 Å². The molecule has 4 aromatic rings. The van der Waals surface area contributed by atoms with E-state index in [1.165, 1.54) is 6.07 Å². The number of benzene rings is 2. The van der Waals surface area contributed by atoms with Gasteiger partial charge in [-0.1, -0.05) is 18.2 Å². The molecule has 0 saturated carbocycles. The van der Waals surface area contributed by atoms with Crippen LogP contribution in [0.15, 0.2) is 61.1 Å². The first-order valence-electron chi connectivity index (χ1n) is 13.0. The van der Waals surface area contributed by atoms with Gasteiger partial charge in [-0.05, 0) is 67.7 Å². The standard InChI is InChI=1S/C29H27FN8O/c30-25-4-2-1-3-19(25)15-27(39)37-12-8-20-13-21(14-22(16-31)28(20)37)26-7-11-33-29(36-26)35-23-17-34-38(18-23)24-5-9-32-10-6-24/h1-4,7,11,13-14,17-18,24,32H,5-6,8-10,12,15H2,(H,33,35,36). The van der Waals surface area contributed by atoms with E-state index in [0.29, 0.717) is 47.5 Å². The van der Waals surface area contributed by atoms with Crippen molar-refractivity contribution < 1.29 is 9.18 Å². The summed E-state index contributed by atoms with van der Waals surface area (Å²) in [5, 5.41) is 21.1. The highest BCUT2D eigenvalue weighted by Gasteiger charge is 2.29. The fourth-order valence-corrected chi connectivity index (χ4v) is 5.31.